The number of hydrogen-bond donors (Lipinski definition) is 0. The molecule has 0 aliphatic heterocycles. The highest BCUT2D eigenvalue weighted by Gasteiger charge is 2.13. The average Bonchev–Trinajstić information content (AvgIpc) is 3.09. The van der Waals surface area contributed by atoms with Gasteiger partial charge in [0, 0.05) is 16.7 Å². The molecule has 0 radical (unpaired) electrons. The fourth-order valence-electron chi connectivity index (χ4n) is 5.14. The van der Waals surface area contributed by atoms with Crippen LogP contribution in [0.15, 0.2) is 164 Å². The van der Waals surface area contributed by atoms with Gasteiger partial charge in [-0.15, -0.1) is 0 Å². The number of hydrogen-bond acceptors (Lipinski definition) is 3. The summed E-state index contributed by atoms with van der Waals surface area (Å²) in [4.78, 5) is 14.8. The van der Waals surface area contributed by atoms with E-state index in [1.54, 1.807) is 0 Å². The van der Waals surface area contributed by atoms with Gasteiger partial charge in [-0.05, 0) is 45.5 Å². The molecule has 0 amide bonds. The molecule has 0 saturated heterocycles. The van der Waals surface area contributed by atoms with Crippen LogP contribution in [0, 0.1) is 0 Å². The van der Waals surface area contributed by atoms with Crippen molar-refractivity contribution in [1.82, 2.24) is 15.0 Å². The molecule has 6 aromatic carbocycles. The van der Waals surface area contributed by atoms with Crippen molar-refractivity contribution in [1.29, 1.82) is 0 Å². The Hall–Kier alpha value is -5.67. The van der Waals surface area contributed by atoms with Crippen LogP contribution in [0.2, 0.25) is 0 Å². The number of nitrogens with zero attached hydrogens (tertiary/aromatic N) is 3. The first-order chi connectivity index (χ1) is 20.8. The minimum absolute atomic E-state index is 0.647. The molecule has 0 unspecified atom stereocenters. The van der Waals surface area contributed by atoms with Gasteiger partial charge in [0.2, 0.25) is 0 Å². The van der Waals surface area contributed by atoms with Gasteiger partial charge in [-0.25, -0.2) is 15.0 Å². The molecule has 1 heterocycles. The van der Waals surface area contributed by atoms with Gasteiger partial charge >= 0.3 is 0 Å². The predicted octanol–water partition coefficient (Wildman–Crippen LogP) is 9.87. The summed E-state index contributed by atoms with van der Waals surface area (Å²) >= 11 is 0. The van der Waals surface area contributed by atoms with Crippen molar-refractivity contribution in [2.75, 3.05) is 0 Å². The lowest BCUT2D eigenvalue weighted by Crippen LogP contribution is -2.00. The highest BCUT2D eigenvalue weighted by Crippen LogP contribution is 2.30. The molecule has 7 aromatic rings. The molecular formula is C39H27N3. The second kappa shape index (κ2) is 11.4. The second-order valence-corrected chi connectivity index (χ2v) is 10.1. The summed E-state index contributed by atoms with van der Waals surface area (Å²) in [5.41, 5.74) is 9.84. The monoisotopic (exact) mass is 537 g/mol. The van der Waals surface area contributed by atoms with Crippen molar-refractivity contribution in [3.63, 3.8) is 0 Å². The van der Waals surface area contributed by atoms with E-state index < -0.39 is 0 Å². The van der Waals surface area contributed by atoms with Crippen LogP contribution >= 0.6 is 0 Å². The standard InChI is InChI=1S/C39H27N3/c1-4-12-28(13-5-1)33-18-10-19-34(26-33)30-22-24-32(25-23-30)38-40-37(31-16-8-3-9-17-31)41-39(42-38)36-21-11-20-35(27-36)29-14-6-2-7-15-29/h1-27H. The Bertz CT molecular complexity index is 1950. The Balaban J connectivity index is 1.28. The maximum atomic E-state index is 4.97. The van der Waals surface area contributed by atoms with E-state index >= 15 is 0 Å². The van der Waals surface area contributed by atoms with Crippen LogP contribution in [-0.2, 0) is 0 Å². The Morgan fingerprint density at radius 1 is 0.214 bits per heavy atom. The second-order valence-electron chi connectivity index (χ2n) is 10.1. The zero-order chi connectivity index (χ0) is 28.1. The van der Waals surface area contributed by atoms with Crippen molar-refractivity contribution in [3.05, 3.63) is 164 Å². The molecule has 42 heavy (non-hydrogen) atoms. The minimum atomic E-state index is 0.647. The van der Waals surface area contributed by atoms with Crippen LogP contribution in [-0.4, -0.2) is 15.0 Å². The number of rotatable bonds is 6. The summed E-state index contributed by atoms with van der Waals surface area (Å²) < 4.78 is 0. The molecule has 1 aromatic heterocycles. The van der Waals surface area contributed by atoms with E-state index in [0.29, 0.717) is 17.5 Å². The molecule has 3 heteroatoms. The lowest BCUT2D eigenvalue weighted by atomic mass is 9.98. The van der Waals surface area contributed by atoms with E-state index in [-0.39, 0.29) is 0 Å². The molecule has 0 spiro atoms. The molecule has 0 fully saturated rings. The van der Waals surface area contributed by atoms with Gasteiger partial charge in [0.25, 0.3) is 0 Å². The van der Waals surface area contributed by atoms with Crippen LogP contribution in [0.1, 0.15) is 0 Å². The van der Waals surface area contributed by atoms with Crippen molar-refractivity contribution >= 4 is 0 Å². The van der Waals surface area contributed by atoms with Crippen LogP contribution < -0.4 is 0 Å². The molecule has 3 nitrogen and oxygen atoms in total. The lowest BCUT2D eigenvalue weighted by Gasteiger charge is -2.10. The summed E-state index contributed by atoms with van der Waals surface area (Å²) in [6.07, 6.45) is 0. The SMILES string of the molecule is c1ccc(-c2cccc(-c3ccc(-c4nc(-c5ccccc5)nc(-c5cccc(-c6ccccc6)c5)n4)cc3)c2)cc1. The maximum Gasteiger partial charge on any atom is 0.164 e. The van der Waals surface area contributed by atoms with Gasteiger partial charge < -0.3 is 0 Å². The van der Waals surface area contributed by atoms with Crippen molar-refractivity contribution in [2.45, 2.75) is 0 Å². The summed E-state index contributed by atoms with van der Waals surface area (Å²) in [6, 6.07) is 56.4. The smallest absolute Gasteiger partial charge is 0.164 e. The van der Waals surface area contributed by atoms with E-state index in [0.717, 1.165) is 33.4 Å². The summed E-state index contributed by atoms with van der Waals surface area (Å²) in [5.74, 6) is 1.95. The van der Waals surface area contributed by atoms with Crippen molar-refractivity contribution < 1.29 is 0 Å². The average molecular weight is 538 g/mol. The van der Waals surface area contributed by atoms with Gasteiger partial charge in [0.1, 0.15) is 0 Å². The van der Waals surface area contributed by atoms with E-state index in [9.17, 15) is 0 Å². The fraction of sp³-hybridized carbons (Fsp3) is 0. The Morgan fingerprint density at radius 3 is 0.976 bits per heavy atom. The van der Waals surface area contributed by atoms with Gasteiger partial charge in [0.05, 0.1) is 0 Å². The molecule has 0 N–H and O–H groups in total. The van der Waals surface area contributed by atoms with Gasteiger partial charge in [-0.2, -0.15) is 0 Å². The first kappa shape index (κ1) is 25.3. The molecule has 0 atom stereocenters. The highest BCUT2D eigenvalue weighted by molar-refractivity contribution is 5.76. The van der Waals surface area contributed by atoms with E-state index in [2.05, 4.69) is 121 Å². The summed E-state index contributed by atoms with van der Waals surface area (Å²) in [6.45, 7) is 0. The zero-order valence-corrected chi connectivity index (χ0v) is 22.9. The third-order valence-electron chi connectivity index (χ3n) is 7.34. The van der Waals surface area contributed by atoms with Gasteiger partial charge in [-0.3, -0.25) is 0 Å². The van der Waals surface area contributed by atoms with Gasteiger partial charge in [0.15, 0.2) is 17.5 Å². The fourth-order valence-corrected chi connectivity index (χ4v) is 5.14. The van der Waals surface area contributed by atoms with E-state index in [1.807, 2.05) is 42.5 Å². The van der Waals surface area contributed by atoms with Crippen molar-refractivity contribution in [3.8, 4) is 67.5 Å². The summed E-state index contributed by atoms with van der Waals surface area (Å²) in [7, 11) is 0. The normalized spacial score (nSPS) is 10.9. The first-order valence-electron chi connectivity index (χ1n) is 14.0. The molecule has 198 valence electrons. The molecule has 7 rings (SSSR count). The van der Waals surface area contributed by atoms with Gasteiger partial charge in [-0.1, -0.05) is 152 Å². The number of benzene rings is 6. The molecular weight excluding hydrogens is 510 g/mol. The highest BCUT2D eigenvalue weighted by atomic mass is 15.0. The third kappa shape index (κ3) is 5.36. The first-order valence-corrected chi connectivity index (χ1v) is 14.0. The Kier molecular flexibility index (Phi) is 6.89. The predicted molar refractivity (Wildman–Crippen MR) is 172 cm³/mol. The van der Waals surface area contributed by atoms with Crippen LogP contribution in [0.4, 0.5) is 0 Å². The summed E-state index contributed by atoms with van der Waals surface area (Å²) in [5, 5.41) is 0. The molecule has 0 bridgehead atoms. The largest absolute Gasteiger partial charge is 0.208 e. The van der Waals surface area contributed by atoms with Crippen LogP contribution in [0.25, 0.3) is 67.5 Å². The third-order valence-corrected chi connectivity index (χ3v) is 7.34. The van der Waals surface area contributed by atoms with E-state index in [1.165, 1.54) is 16.7 Å². The van der Waals surface area contributed by atoms with Crippen LogP contribution in [0.3, 0.4) is 0 Å². The quantitative estimate of drug-likeness (QED) is 0.212. The maximum absolute atomic E-state index is 4.97. The van der Waals surface area contributed by atoms with E-state index in [4.69, 9.17) is 15.0 Å². The Morgan fingerprint density at radius 2 is 0.500 bits per heavy atom. The minimum Gasteiger partial charge on any atom is -0.208 e. The Labute approximate surface area is 245 Å². The molecule has 0 aliphatic carbocycles. The lowest BCUT2D eigenvalue weighted by molar-refractivity contribution is 1.07. The topological polar surface area (TPSA) is 38.7 Å². The van der Waals surface area contributed by atoms with Crippen molar-refractivity contribution in [2.24, 2.45) is 0 Å². The van der Waals surface area contributed by atoms with Crippen LogP contribution in [0.5, 0.6) is 0 Å². The molecule has 0 aliphatic rings. The zero-order valence-electron chi connectivity index (χ0n) is 22.9. The number of aromatic nitrogens is 3. The molecule has 0 saturated carbocycles.